The van der Waals surface area contributed by atoms with Gasteiger partial charge in [0.1, 0.15) is 0 Å². The SMILES string of the molecule is CCCC(NN(C)C)c1ccccc1. The fourth-order valence-corrected chi connectivity index (χ4v) is 1.59. The predicted molar refractivity (Wildman–Crippen MR) is 60.9 cm³/mol. The molecule has 1 aromatic carbocycles. The van der Waals surface area contributed by atoms with Gasteiger partial charge in [0, 0.05) is 20.1 Å². The lowest BCUT2D eigenvalue weighted by molar-refractivity contribution is 0.234. The Bertz CT molecular complexity index is 244. The first-order valence-electron chi connectivity index (χ1n) is 5.22. The van der Waals surface area contributed by atoms with Crippen molar-refractivity contribution >= 4 is 0 Å². The zero-order valence-corrected chi connectivity index (χ0v) is 9.33. The van der Waals surface area contributed by atoms with E-state index in [1.165, 1.54) is 18.4 Å². The molecular formula is C12H20N2. The van der Waals surface area contributed by atoms with Gasteiger partial charge in [-0.05, 0) is 12.0 Å². The molecule has 0 saturated carbocycles. The smallest absolute Gasteiger partial charge is 0.0464 e. The maximum absolute atomic E-state index is 3.43. The molecule has 0 saturated heterocycles. The molecule has 0 amide bonds. The summed E-state index contributed by atoms with van der Waals surface area (Å²) in [5.41, 5.74) is 4.79. The largest absolute Gasteiger partial charge is 0.250 e. The summed E-state index contributed by atoms with van der Waals surface area (Å²) in [5.74, 6) is 0. The van der Waals surface area contributed by atoms with Gasteiger partial charge in [-0.2, -0.15) is 0 Å². The van der Waals surface area contributed by atoms with Crippen LogP contribution < -0.4 is 5.43 Å². The van der Waals surface area contributed by atoms with Crippen LogP contribution in [0.1, 0.15) is 31.4 Å². The minimum atomic E-state index is 0.441. The first kappa shape index (κ1) is 11.2. The number of nitrogens with zero attached hydrogens (tertiary/aromatic N) is 1. The molecule has 0 radical (unpaired) electrons. The van der Waals surface area contributed by atoms with Gasteiger partial charge in [0.05, 0.1) is 0 Å². The van der Waals surface area contributed by atoms with Gasteiger partial charge < -0.3 is 0 Å². The third kappa shape index (κ3) is 3.48. The van der Waals surface area contributed by atoms with Crippen molar-refractivity contribution in [3.05, 3.63) is 35.9 Å². The van der Waals surface area contributed by atoms with Gasteiger partial charge in [-0.25, -0.2) is 5.43 Å². The molecule has 0 bridgehead atoms. The molecule has 2 nitrogen and oxygen atoms in total. The van der Waals surface area contributed by atoms with Crippen molar-refractivity contribution in [1.82, 2.24) is 10.4 Å². The quantitative estimate of drug-likeness (QED) is 0.721. The van der Waals surface area contributed by atoms with Gasteiger partial charge >= 0.3 is 0 Å². The molecule has 78 valence electrons. The van der Waals surface area contributed by atoms with Crippen molar-refractivity contribution in [3.8, 4) is 0 Å². The molecule has 0 aromatic heterocycles. The molecule has 2 heteroatoms. The highest BCUT2D eigenvalue weighted by molar-refractivity contribution is 5.18. The van der Waals surface area contributed by atoms with Crippen LogP contribution in [0, 0.1) is 0 Å². The Morgan fingerprint density at radius 2 is 1.86 bits per heavy atom. The molecule has 1 N–H and O–H groups in total. The van der Waals surface area contributed by atoms with E-state index in [4.69, 9.17) is 0 Å². The topological polar surface area (TPSA) is 15.3 Å². The molecule has 0 fully saturated rings. The summed E-state index contributed by atoms with van der Waals surface area (Å²) in [7, 11) is 4.07. The first-order chi connectivity index (χ1) is 6.74. The first-order valence-corrected chi connectivity index (χ1v) is 5.22. The van der Waals surface area contributed by atoms with Crippen LogP contribution in [0.2, 0.25) is 0 Å². The molecule has 0 spiro atoms. The molecule has 1 unspecified atom stereocenters. The van der Waals surface area contributed by atoms with Crippen molar-refractivity contribution in [2.24, 2.45) is 0 Å². The molecule has 14 heavy (non-hydrogen) atoms. The maximum atomic E-state index is 3.43. The van der Waals surface area contributed by atoms with E-state index < -0.39 is 0 Å². The highest BCUT2D eigenvalue weighted by atomic mass is 15.5. The molecular weight excluding hydrogens is 172 g/mol. The molecule has 0 heterocycles. The number of nitrogens with one attached hydrogen (secondary N) is 1. The van der Waals surface area contributed by atoms with Gasteiger partial charge in [-0.15, -0.1) is 0 Å². The Kier molecular flexibility index (Phi) is 4.63. The van der Waals surface area contributed by atoms with E-state index in [2.05, 4.69) is 42.7 Å². The Labute approximate surface area is 86.9 Å². The molecule has 0 aliphatic heterocycles. The van der Waals surface area contributed by atoms with E-state index >= 15 is 0 Å². The number of hydrazine groups is 1. The standard InChI is InChI=1S/C12H20N2/c1-4-8-12(13-14(2)3)11-9-6-5-7-10-11/h5-7,9-10,12-13H,4,8H2,1-3H3. The summed E-state index contributed by atoms with van der Waals surface area (Å²) in [6.07, 6.45) is 2.36. The summed E-state index contributed by atoms with van der Waals surface area (Å²) >= 11 is 0. The second-order valence-electron chi connectivity index (χ2n) is 3.78. The zero-order valence-electron chi connectivity index (χ0n) is 9.33. The fraction of sp³-hybridized carbons (Fsp3) is 0.500. The van der Waals surface area contributed by atoms with E-state index in [1.54, 1.807) is 0 Å². The van der Waals surface area contributed by atoms with Crippen molar-refractivity contribution in [1.29, 1.82) is 0 Å². The lowest BCUT2D eigenvalue weighted by Crippen LogP contribution is -2.34. The number of benzene rings is 1. The lowest BCUT2D eigenvalue weighted by atomic mass is 10.0. The van der Waals surface area contributed by atoms with Crippen LogP contribution in [-0.2, 0) is 0 Å². The Morgan fingerprint density at radius 1 is 1.21 bits per heavy atom. The Balaban J connectivity index is 2.67. The van der Waals surface area contributed by atoms with Gasteiger partial charge in [-0.1, -0.05) is 43.7 Å². The van der Waals surface area contributed by atoms with Gasteiger partial charge in [0.2, 0.25) is 0 Å². The number of rotatable bonds is 5. The minimum absolute atomic E-state index is 0.441. The third-order valence-corrected chi connectivity index (χ3v) is 2.19. The second kappa shape index (κ2) is 5.78. The van der Waals surface area contributed by atoms with Crippen LogP contribution in [0.15, 0.2) is 30.3 Å². The van der Waals surface area contributed by atoms with Crippen LogP contribution in [0.25, 0.3) is 0 Å². The van der Waals surface area contributed by atoms with Crippen molar-refractivity contribution in [2.75, 3.05) is 14.1 Å². The molecule has 1 rings (SSSR count). The van der Waals surface area contributed by atoms with Crippen molar-refractivity contribution in [2.45, 2.75) is 25.8 Å². The molecule has 1 atom stereocenters. The monoisotopic (exact) mass is 192 g/mol. The molecule has 0 aliphatic carbocycles. The zero-order chi connectivity index (χ0) is 10.4. The second-order valence-corrected chi connectivity index (χ2v) is 3.78. The van der Waals surface area contributed by atoms with Crippen LogP contribution >= 0.6 is 0 Å². The van der Waals surface area contributed by atoms with Crippen LogP contribution in [0.3, 0.4) is 0 Å². The van der Waals surface area contributed by atoms with E-state index in [-0.39, 0.29) is 0 Å². The van der Waals surface area contributed by atoms with E-state index in [9.17, 15) is 0 Å². The van der Waals surface area contributed by atoms with Gasteiger partial charge in [0.15, 0.2) is 0 Å². The van der Waals surface area contributed by atoms with E-state index in [1.807, 2.05) is 19.1 Å². The average Bonchev–Trinajstić information content (AvgIpc) is 2.18. The Morgan fingerprint density at radius 3 is 2.36 bits per heavy atom. The van der Waals surface area contributed by atoms with Crippen LogP contribution in [0.4, 0.5) is 0 Å². The third-order valence-electron chi connectivity index (χ3n) is 2.19. The van der Waals surface area contributed by atoms with Crippen LogP contribution in [-0.4, -0.2) is 19.1 Å². The van der Waals surface area contributed by atoms with E-state index in [0.29, 0.717) is 6.04 Å². The van der Waals surface area contributed by atoms with Crippen LogP contribution in [0.5, 0.6) is 0 Å². The van der Waals surface area contributed by atoms with Crippen molar-refractivity contribution in [3.63, 3.8) is 0 Å². The maximum Gasteiger partial charge on any atom is 0.0464 e. The molecule has 0 aliphatic rings. The minimum Gasteiger partial charge on any atom is -0.250 e. The highest BCUT2D eigenvalue weighted by Gasteiger charge is 2.09. The molecule has 1 aromatic rings. The summed E-state index contributed by atoms with van der Waals surface area (Å²) < 4.78 is 0. The predicted octanol–water partition coefficient (Wildman–Crippen LogP) is 2.59. The lowest BCUT2D eigenvalue weighted by Gasteiger charge is -2.23. The van der Waals surface area contributed by atoms with Gasteiger partial charge in [0.25, 0.3) is 0 Å². The number of hydrogen-bond acceptors (Lipinski definition) is 2. The average molecular weight is 192 g/mol. The number of hydrogen-bond donors (Lipinski definition) is 1. The fourth-order valence-electron chi connectivity index (χ4n) is 1.59. The van der Waals surface area contributed by atoms with Gasteiger partial charge in [-0.3, -0.25) is 5.01 Å². The summed E-state index contributed by atoms with van der Waals surface area (Å²) in [6, 6.07) is 11.0. The van der Waals surface area contributed by atoms with Crippen molar-refractivity contribution < 1.29 is 0 Å². The highest BCUT2D eigenvalue weighted by Crippen LogP contribution is 2.17. The summed E-state index contributed by atoms with van der Waals surface area (Å²) in [4.78, 5) is 0. The Hall–Kier alpha value is -0.860. The summed E-state index contributed by atoms with van der Waals surface area (Å²) in [5, 5.41) is 2.02. The van der Waals surface area contributed by atoms with E-state index in [0.717, 1.165) is 0 Å². The normalized spacial score (nSPS) is 13.1. The summed E-state index contributed by atoms with van der Waals surface area (Å²) in [6.45, 7) is 2.22.